The van der Waals surface area contributed by atoms with Crippen LogP contribution in [-0.2, 0) is 56.5 Å². The van der Waals surface area contributed by atoms with Crippen LogP contribution in [0.15, 0.2) is 152 Å². The van der Waals surface area contributed by atoms with Gasteiger partial charge in [-0.3, -0.25) is 0 Å². The quantitative estimate of drug-likeness (QED) is 0.0865. The van der Waals surface area contributed by atoms with Crippen molar-refractivity contribution < 1.29 is 38.3 Å². The van der Waals surface area contributed by atoms with E-state index in [9.17, 15) is 5.11 Å². The number of benzene rings is 6. The molecular formula is C50H51ClO8. The first-order valence-corrected chi connectivity index (χ1v) is 20.4. The molecule has 306 valence electrons. The summed E-state index contributed by atoms with van der Waals surface area (Å²) in [7, 11) is 1.51. The monoisotopic (exact) mass is 814 g/mol. The Morgan fingerprint density at radius 2 is 1.08 bits per heavy atom. The van der Waals surface area contributed by atoms with Crippen molar-refractivity contribution in [2.24, 2.45) is 0 Å². The number of phenols is 1. The fourth-order valence-electron chi connectivity index (χ4n) is 7.39. The Morgan fingerprint density at radius 3 is 1.59 bits per heavy atom. The van der Waals surface area contributed by atoms with Crippen LogP contribution in [0.4, 0.5) is 0 Å². The van der Waals surface area contributed by atoms with Gasteiger partial charge in [0.05, 0.1) is 51.8 Å². The Kier molecular flexibility index (Phi) is 15.1. The molecular weight excluding hydrogens is 764 g/mol. The van der Waals surface area contributed by atoms with Gasteiger partial charge in [0.25, 0.3) is 0 Å². The van der Waals surface area contributed by atoms with Gasteiger partial charge < -0.3 is 38.3 Å². The lowest BCUT2D eigenvalue weighted by molar-refractivity contribution is -0.275. The molecule has 6 aromatic carbocycles. The highest BCUT2D eigenvalue weighted by Gasteiger charge is 2.50. The van der Waals surface area contributed by atoms with E-state index in [1.807, 2.05) is 159 Å². The summed E-state index contributed by atoms with van der Waals surface area (Å²) in [5, 5.41) is 11.9. The second-order valence-corrected chi connectivity index (χ2v) is 14.8. The zero-order valence-corrected chi connectivity index (χ0v) is 34.2. The van der Waals surface area contributed by atoms with Crippen molar-refractivity contribution in [2.45, 2.75) is 70.3 Å². The molecule has 1 saturated heterocycles. The Morgan fingerprint density at radius 1 is 0.593 bits per heavy atom. The van der Waals surface area contributed by atoms with Gasteiger partial charge in [0.1, 0.15) is 36.3 Å². The maximum absolute atomic E-state index is 11.7. The topological polar surface area (TPSA) is 84.8 Å². The molecule has 0 amide bonds. The zero-order valence-electron chi connectivity index (χ0n) is 33.5. The maximum atomic E-state index is 11.7. The minimum atomic E-state index is -0.821. The molecule has 0 aliphatic carbocycles. The van der Waals surface area contributed by atoms with Crippen LogP contribution in [0.5, 0.6) is 17.2 Å². The van der Waals surface area contributed by atoms with E-state index in [1.165, 1.54) is 7.11 Å². The molecule has 9 heteroatoms. The summed E-state index contributed by atoms with van der Waals surface area (Å²) >= 11 is 6.93. The highest BCUT2D eigenvalue weighted by Crippen LogP contribution is 2.48. The largest absolute Gasteiger partial charge is 0.503 e. The minimum absolute atomic E-state index is 0.181. The fourth-order valence-corrected chi connectivity index (χ4v) is 7.60. The van der Waals surface area contributed by atoms with Crippen molar-refractivity contribution in [1.29, 1.82) is 0 Å². The summed E-state index contributed by atoms with van der Waals surface area (Å²) in [5.74, 6) is 0.790. The first-order chi connectivity index (χ1) is 29.0. The molecule has 1 aliphatic heterocycles. The lowest BCUT2D eigenvalue weighted by atomic mass is 9.88. The molecule has 0 saturated carbocycles. The molecule has 1 fully saturated rings. The number of ether oxygens (including phenoxy) is 7. The van der Waals surface area contributed by atoms with Crippen LogP contribution in [0.25, 0.3) is 0 Å². The average molecular weight is 815 g/mol. The molecule has 0 spiro atoms. The Labute approximate surface area is 352 Å². The number of aromatic hydroxyl groups is 1. The third kappa shape index (κ3) is 11.1. The van der Waals surface area contributed by atoms with Gasteiger partial charge in [-0.25, -0.2) is 0 Å². The molecule has 5 atom stereocenters. The molecule has 1 heterocycles. The number of methoxy groups -OCH3 is 1. The van der Waals surface area contributed by atoms with Gasteiger partial charge in [0.2, 0.25) is 0 Å². The summed E-state index contributed by atoms with van der Waals surface area (Å²) < 4.78 is 46.0. The Bertz CT molecular complexity index is 2150. The molecule has 59 heavy (non-hydrogen) atoms. The van der Waals surface area contributed by atoms with Crippen molar-refractivity contribution in [3.63, 3.8) is 0 Å². The summed E-state index contributed by atoms with van der Waals surface area (Å²) in [5.41, 5.74) is 6.25. The highest BCUT2D eigenvalue weighted by molar-refractivity contribution is 6.33. The SMILES string of the molecule is CCOc1ccc(Cc2cc([C@@H]3O[C@H](COCc4ccccc4)[C@@H](OCc4ccccc4)[C@H](OCc4ccccc4)[C@H]3OCc3ccccc3)c(OC)c(O)c2Cl)cc1. The van der Waals surface area contributed by atoms with Gasteiger partial charge in [-0.1, -0.05) is 145 Å². The van der Waals surface area contributed by atoms with Crippen molar-refractivity contribution >= 4 is 11.6 Å². The predicted molar refractivity (Wildman–Crippen MR) is 229 cm³/mol. The molecule has 8 nitrogen and oxygen atoms in total. The number of phenolic OH excluding ortho intramolecular Hbond substituents is 1. The van der Waals surface area contributed by atoms with E-state index in [4.69, 9.17) is 44.8 Å². The number of hydrogen-bond donors (Lipinski definition) is 1. The van der Waals surface area contributed by atoms with Gasteiger partial charge >= 0.3 is 0 Å². The molecule has 1 N–H and O–H groups in total. The minimum Gasteiger partial charge on any atom is -0.503 e. The predicted octanol–water partition coefficient (Wildman–Crippen LogP) is 10.5. The lowest BCUT2D eigenvalue weighted by Gasteiger charge is -2.46. The first kappa shape index (κ1) is 42.0. The molecule has 7 rings (SSSR count). The van der Waals surface area contributed by atoms with E-state index in [1.54, 1.807) is 0 Å². The van der Waals surface area contributed by atoms with E-state index in [0.29, 0.717) is 37.4 Å². The molecule has 0 unspecified atom stereocenters. The van der Waals surface area contributed by atoms with E-state index in [2.05, 4.69) is 0 Å². The van der Waals surface area contributed by atoms with Gasteiger partial charge in [0.15, 0.2) is 11.5 Å². The van der Waals surface area contributed by atoms with Crippen LogP contribution in [-0.4, -0.2) is 49.8 Å². The number of halogens is 1. The van der Waals surface area contributed by atoms with E-state index in [0.717, 1.165) is 33.6 Å². The standard InChI is InChI=1S/C50H51ClO8/c1-3-55-41-26-24-35(25-27-41)28-40-29-42(46(53-2)45(52)44(40)51)47-49(57-32-38-20-12-6-13-21-38)50(58-33-39-22-14-7-15-23-39)48(56-31-37-18-10-5-11-19-37)43(59-47)34-54-30-36-16-8-4-9-17-36/h4-27,29,43,47-50,52H,3,28,30-34H2,1-2H3/t43-,47+,48-,49+,50+/m1/s1. The van der Waals surface area contributed by atoms with Crippen LogP contribution in [0, 0.1) is 0 Å². The van der Waals surface area contributed by atoms with Gasteiger partial charge in [-0.15, -0.1) is 0 Å². The van der Waals surface area contributed by atoms with Gasteiger partial charge in [0, 0.05) is 5.56 Å². The Hall–Kier alpha value is -5.19. The third-order valence-electron chi connectivity index (χ3n) is 10.3. The number of rotatable bonds is 19. The maximum Gasteiger partial charge on any atom is 0.177 e. The molecule has 1 aliphatic rings. The van der Waals surface area contributed by atoms with Crippen LogP contribution < -0.4 is 9.47 Å². The lowest BCUT2D eigenvalue weighted by Crippen LogP contribution is -2.58. The van der Waals surface area contributed by atoms with E-state index < -0.39 is 30.5 Å². The van der Waals surface area contributed by atoms with E-state index >= 15 is 0 Å². The van der Waals surface area contributed by atoms with Crippen molar-refractivity contribution in [3.05, 3.63) is 196 Å². The normalized spacial score (nSPS) is 19.0. The third-order valence-corrected chi connectivity index (χ3v) is 10.7. The zero-order chi connectivity index (χ0) is 40.8. The van der Waals surface area contributed by atoms with Crippen molar-refractivity contribution in [3.8, 4) is 17.2 Å². The van der Waals surface area contributed by atoms with Gasteiger partial charge in [-0.2, -0.15) is 0 Å². The van der Waals surface area contributed by atoms with Gasteiger partial charge in [-0.05, 0) is 64.9 Å². The van der Waals surface area contributed by atoms with Crippen LogP contribution in [0.1, 0.15) is 52.0 Å². The van der Waals surface area contributed by atoms with Crippen LogP contribution in [0.3, 0.4) is 0 Å². The molecule has 0 aromatic heterocycles. The smallest absolute Gasteiger partial charge is 0.177 e. The average Bonchev–Trinajstić information content (AvgIpc) is 3.28. The molecule has 0 radical (unpaired) electrons. The van der Waals surface area contributed by atoms with Crippen LogP contribution in [0.2, 0.25) is 5.02 Å². The highest BCUT2D eigenvalue weighted by atomic mass is 35.5. The summed E-state index contributed by atoms with van der Waals surface area (Å²) in [4.78, 5) is 0. The summed E-state index contributed by atoms with van der Waals surface area (Å²) in [6, 6.07) is 49.8. The van der Waals surface area contributed by atoms with E-state index in [-0.39, 0.29) is 36.3 Å². The second-order valence-electron chi connectivity index (χ2n) is 14.5. The summed E-state index contributed by atoms with van der Waals surface area (Å²) in [6.45, 7) is 3.94. The second kappa shape index (κ2) is 21.2. The first-order valence-electron chi connectivity index (χ1n) is 20.0. The van der Waals surface area contributed by atoms with Crippen molar-refractivity contribution in [1.82, 2.24) is 0 Å². The fraction of sp³-hybridized carbons (Fsp3) is 0.280. The molecule has 6 aromatic rings. The Balaban J connectivity index is 1.31. The summed E-state index contributed by atoms with van der Waals surface area (Å²) in [6.07, 6.45) is -3.10. The van der Waals surface area contributed by atoms with Crippen molar-refractivity contribution in [2.75, 3.05) is 20.3 Å². The molecule has 0 bridgehead atoms. The number of hydrogen-bond acceptors (Lipinski definition) is 8. The van der Waals surface area contributed by atoms with Crippen LogP contribution >= 0.6 is 11.6 Å².